The average Bonchev–Trinajstić information content (AvgIpc) is 2.82. The van der Waals surface area contributed by atoms with Gasteiger partial charge in [-0.2, -0.15) is 0 Å². The third kappa shape index (κ3) is 4.46. The van der Waals surface area contributed by atoms with Gasteiger partial charge in [0.15, 0.2) is 0 Å². The molecule has 0 aromatic heterocycles. The number of anilines is 2. The van der Waals surface area contributed by atoms with Crippen LogP contribution in [0.2, 0.25) is 0 Å². The fourth-order valence-corrected chi connectivity index (χ4v) is 3.18. The van der Waals surface area contributed by atoms with E-state index in [9.17, 15) is 4.79 Å². The second-order valence-electron chi connectivity index (χ2n) is 6.00. The van der Waals surface area contributed by atoms with Gasteiger partial charge in [0.2, 0.25) is 5.91 Å². The lowest BCUT2D eigenvalue weighted by atomic mass is 10.1. The summed E-state index contributed by atoms with van der Waals surface area (Å²) in [6, 6.07) is 8.64. The maximum absolute atomic E-state index is 11.9. The van der Waals surface area contributed by atoms with Crippen molar-refractivity contribution in [2.45, 2.75) is 58.0 Å². The fraction of sp³-hybridized carbons (Fsp3) is 0.588. The summed E-state index contributed by atoms with van der Waals surface area (Å²) in [4.78, 5) is 14.5. The van der Waals surface area contributed by atoms with Crippen LogP contribution in [0, 0.1) is 0 Å². The number of nitrogens with one attached hydrogen (secondary N) is 1. The Kier molecular flexibility index (Phi) is 5.62. The monoisotopic (exact) mass is 289 g/mol. The van der Waals surface area contributed by atoms with Crippen LogP contribution >= 0.6 is 0 Å². The zero-order valence-electron chi connectivity index (χ0n) is 13.1. The molecule has 4 nitrogen and oxygen atoms in total. The molecule has 0 bridgehead atoms. The first-order chi connectivity index (χ1) is 10.1. The highest BCUT2D eigenvalue weighted by Crippen LogP contribution is 2.26. The molecule has 1 amide bonds. The molecule has 1 aliphatic rings. The number of hydrogen-bond donors (Lipinski definition) is 2. The highest BCUT2D eigenvalue weighted by atomic mass is 16.1. The number of benzene rings is 1. The van der Waals surface area contributed by atoms with Crippen molar-refractivity contribution in [3.8, 4) is 0 Å². The minimum Gasteiger partial charge on any atom is -0.399 e. The molecule has 2 unspecified atom stereocenters. The predicted octanol–water partition coefficient (Wildman–Crippen LogP) is 3.25. The van der Waals surface area contributed by atoms with Crippen LogP contribution in [0.5, 0.6) is 0 Å². The number of hydrogen-bond acceptors (Lipinski definition) is 3. The number of carbonyl (C=O) groups is 1. The molecule has 1 fully saturated rings. The first-order valence-electron chi connectivity index (χ1n) is 8.01. The Labute approximate surface area is 127 Å². The molecule has 0 spiro atoms. The molecule has 116 valence electrons. The van der Waals surface area contributed by atoms with Crippen LogP contribution in [0.15, 0.2) is 24.3 Å². The van der Waals surface area contributed by atoms with Crippen LogP contribution in [0.4, 0.5) is 11.4 Å². The van der Waals surface area contributed by atoms with Crippen LogP contribution < -0.4 is 11.1 Å². The zero-order chi connectivity index (χ0) is 15.2. The molecule has 4 heteroatoms. The third-order valence-corrected chi connectivity index (χ3v) is 4.44. The van der Waals surface area contributed by atoms with Crippen LogP contribution in [-0.4, -0.2) is 29.4 Å². The van der Waals surface area contributed by atoms with Gasteiger partial charge in [-0.3, -0.25) is 9.69 Å². The number of amides is 1. The highest BCUT2D eigenvalue weighted by molar-refractivity contribution is 5.90. The molecule has 2 atom stereocenters. The van der Waals surface area contributed by atoms with Crippen molar-refractivity contribution in [3.63, 3.8) is 0 Å². The Morgan fingerprint density at radius 1 is 1.33 bits per heavy atom. The highest BCUT2D eigenvalue weighted by Gasteiger charge is 2.28. The van der Waals surface area contributed by atoms with Crippen LogP contribution in [-0.2, 0) is 4.79 Å². The van der Waals surface area contributed by atoms with E-state index in [0.717, 1.165) is 18.7 Å². The van der Waals surface area contributed by atoms with Crippen LogP contribution in [0.25, 0.3) is 0 Å². The lowest BCUT2D eigenvalue weighted by Crippen LogP contribution is -2.35. The van der Waals surface area contributed by atoms with Gasteiger partial charge < -0.3 is 11.1 Å². The van der Waals surface area contributed by atoms with Crippen molar-refractivity contribution in [1.82, 2.24) is 4.90 Å². The SMILES string of the molecule is CCC1CCC(C)N1CCCC(=O)Nc1ccc(N)cc1. The molecular formula is C17H27N3O. The van der Waals surface area contributed by atoms with E-state index in [1.807, 2.05) is 12.1 Å². The molecule has 1 aromatic rings. The molecule has 0 aliphatic carbocycles. The van der Waals surface area contributed by atoms with E-state index < -0.39 is 0 Å². The normalized spacial score (nSPS) is 22.4. The van der Waals surface area contributed by atoms with E-state index in [-0.39, 0.29) is 5.91 Å². The molecule has 1 heterocycles. The van der Waals surface area contributed by atoms with Gasteiger partial charge in [0.25, 0.3) is 0 Å². The zero-order valence-corrected chi connectivity index (χ0v) is 13.1. The Morgan fingerprint density at radius 2 is 2.05 bits per heavy atom. The Morgan fingerprint density at radius 3 is 2.71 bits per heavy atom. The number of nitrogens with two attached hydrogens (primary N) is 1. The van der Waals surface area contributed by atoms with Crippen molar-refractivity contribution in [1.29, 1.82) is 0 Å². The first-order valence-corrected chi connectivity index (χ1v) is 8.01. The molecule has 21 heavy (non-hydrogen) atoms. The minimum atomic E-state index is 0.0830. The number of likely N-dealkylation sites (tertiary alicyclic amines) is 1. The molecular weight excluding hydrogens is 262 g/mol. The third-order valence-electron chi connectivity index (χ3n) is 4.44. The van der Waals surface area contributed by atoms with Gasteiger partial charge in [-0.05, 0) is 63.4 Å². The predicted molar refractivity (Wildman–Crippen MR) is 88.2 cm³/mol. The summed E-state index contributed by atoms with van der Waals surface area (Å²) < 4.78 is 0. The summed E-state index contributed by atoms with van der Waals surface area (Å²) in [6.45, 7) is 5.57. The Bertz CT molecular complexity index is 458. The minimum absolute atomic E-state index is 0.0830. The fourth-order valence-electron chi connectivity index (χ4n) is 3.18. The molecule has 0 radical (unpaired) electrons. The Balaban J connectivity index is 1.73. The summed E-state index contributed by atoms with van der Waals surface area (Å²) in [7, 11) is 0. The van der Waals surface area contributed by atoms with Crippen molar-refractivity contribution >= 4 is 17.3 Å². The van der Waals surface area contributed by atoms with E-state index in [2.05, 4.69) is 24.1 Å². The molecule has 1 aliphatic heterocycles. The standard InChI is InChI=1S/C17H27N3O/c1-3-16-11-6-13(2)20(16)12-4-5-17(21)19-15-9-7-14(18)8-10-15/h7-10,13,16H,3-6,11-12,18H2,1-2H3,(H,19,21). The maximum Gasteiger partial charge on any atom is 0.224 e. The average molecular weight is 289 g/mol. The molecule has 2 rings (SSSR count). The van der Waals surface area contributed by atoms with Crippen molar-refractivity contribution in [2.24, 2.45) is 0 Å². The Hall–Kier alpha value is -1.55. The first kappa shape index (κ1) is 15.8. The van der Waals surface area contributed by atoms with E-state index in [1.165, 1.54) is 19.3 Å². The van der Waals surface area contributed by atoms with Gasteiger partial charge in [0.05, 0.1) is 0 Å². The summed E-state index contributed by atoms with van der Waals surface area (Å²) >= 11 is 0. The van der Waals surface area contributed by atoms with E-state index >= 15 is 0 Å². The molecule has 0 saturated carbocycles. The van der Waals surface area contributed by atoms with Gasteiger partial charge in [0.1, 0.15) is 0 Å². The van der Waals surface area contributed by atoms with Crippen molar-refractivity contribution in [2.75, 3.05) is 17.6 Å². The van der Waals surface area contributed by atoms with E-state index in [1.54, 1.807) is 12.1 Å². The quantitative estimate of drug-likeness (QED) is 0.790. The second kappa shape index (κ2) is 7.46. The van der Waals surface area contributed by atoms with Gasteiger partial charge in [-0.25, -0.2) is 0 Å². The van der Waals surface area contributed by atoms with Crippen LogP contribution in [0.1, 0.15) is 46.0 Å². The largest absolute Gasteiger partial charge is 0.399 e. The summed E-state index contributed by atoms with van der Waals surface area (Å²) in [5.74, 6) is 0.0830. The molecule has 1 saturated heterocycles. The topological polar surface area (TPSA) is 58.4 Å². The maximum atomic E-state index is 11.9. The molecule has 1 aromatic carbocycles. The van der Waals surface area contributed by atoms with Gasteiger partial charge in [0, 0.05) is 29.9 Å². The summed E-state index contributed by atoms with van der Waals surface area (Å²) in [6.07, 6.45) is 5.29. The number of nitrogen functional groups attached to an aromatic ring is 1. The number of carbonyl (C=O) groups excluding carboxylic acids is 1. The summed E-state index contributed by atoms with van der Waals surface area (Å²) in [5, 5.41) is 2.92. The van der Waals surface area contributed by atoms with E-state index in [4.69, 9.17) is 5.73 Å². The van der Waals surface area contributed by atoms with Crippen LogP contribution in [0.3, 0.4) is 0 Å². The second-order valence-corrected chi connectivity index (χ2v) is 6.00. The van der Waals surface area contributed by atoms with Gasteiger partial charge in [-0.15, -0.1) is 0 Å². The lowest BCUT2D eigenvalue weighted by molar-refractivity contribution is -0.116. The lowest BCUT2D eigenvalue weighted by Gasteiger charge is -2.27. The number of nitrogens with zero attached hydrogens (tertiary/aromatic N) is 1. The smallest absolute Gasteiger partial charge is 0.224 e. The van der Waals surface area contributed by atoms with E-state index in [0.29, 0.717) is 24.2 Å². The van der Waals surface area contributed by atoms with Crippen molar-refractivity contribution < 1.29 is 4.79 Å². The molecule has 3 N–H and O–H groups in total. The summed E-state index contributed by atoms with van der Waals surface area (Å²) in [5.41, 5.74) is 7.15. The van der Waals surface area contributed by atoms with Gasteiger partial charge in [-0.1, -0.05) is 6.92 Å². The van der Waals surface area contributed by atoms with Gasteiger partial charge >= 0.3 is 0 Å². The van der Waals surface area contributed by atoms with Crippen molar-refractivity contribution in [3.05, 3.63) is 24.3 Å². The number of rotatable bonds is 6.